The van der Waals surface area contributed by atoms with Crippen molar-refractivity contribution in [1.29, 1.82) is 0 Å². The standard InChI is InChI=1S/C24H28N4OS/c1-4-17-28-22(21-13-9-6-10-14-21)26-27-24(28)30-19(3)23(29)25-18(2)15-16-20-11-7-5-8-12-20/h4-14,18-19H,1,15-17H2,2-3H3,(H,25,29)/t18-,19+/m1/s1. The number of carbonyl (C=O) groups is 1. The van der Waals surface area contributed by atoms with Crippen LogP contribution in [0.5, 0.6) is 0 Å². The molecule has 0 spiro atoms. The third kappa shape index (κ3) is 5.83. The van der Waals surface area contributed by atoms with Crippen LogP contribution in [0.2, 0.25) is 0 Å². The predicted octanol–water partition coefficient (Wildman–Crippen LogP) is 4.75. The fourth-order valence-electron chi connectivity index (χ4n) is 3.14. The molecule has 0 fully saturated rings. The van der Waals surface area contributed by atoms with Gasteiger partial charge in [0.2, 0.25) is 5.91 Å². The minimum absolute atomic E-state index is 0.00924. The van der Waals surface area contributed by atoms with Crippen LogP contribution in [-0.4, -0.2) is 32.0 Å². The number of hydrogen-bond acceptors (Lipinski definition) is 4. The van der Waals surface area contributed by atoms with Crippen LogP contribution in [0.4, 0.5) is 0 Å². The molecule has 0 bridgehead atoms. The van der Waals surface area contributed by atoms with Crippen molar-refractivity contribution in [1.82, 2.24) is 20.1 Å². The van der Waals surface area contributed by atoms with Gasteiger partial charge in [-0.05, 0) is 32.3 Å². The van der Waals surface area contributed by atoms with Gasteiger partial charge in [-0.3, -0.25) is 9.36 Å². The first-order valence-corrected chi connectivity index (χ1v) is 11.1. The normalized spacial score (nSPS) is 12.9. The SMILES string of the molecule is C=CCn1c(S[C@@H](C)C(=O)N[C@H](C)CCc2ccccc2)nnc1-c1ccccc1. The Kier molecular flexibility index (Phi) is 7.85. The summed E-state index contributed by atoms with van der Waals surface area (Å²) in [6, 6.07) is 20.4. The zero-order valence-corrected chi connectivity index (χ0v) is 18.3. The number of carbonyl (C=O) groups excluding carboxylic acids is 1. The summed E-state index contributed by atoms with van der Waals surface area (Å²) < 4.78 is 2.00. The lowest BCUT2D eigenvalue weighted by Crippen LogP contribution is -2.38. The van der Waals surface area contributed by atoms with Crippen LogP contribution in [-0.2, 0) is 17.8 Å². The van der Waals surface area contributed by atoms with Gasteiger partial charge in [-0.15, -0.1) is 16.8 Å². The lowest BCUT2D eigenvalue weighted by atomic mass is 10.1. The average Bonchev–Trinajstić information content (AvgIpc) is 3.16. The van der Waals surface area contributed by atoms with E-state index in [2.05, 4.69) is 34.2 Å². The second-order valence-corrected chi connectivity index (χ2v) is 8.57. The first-order chi connectivity index (χ1) is 14.6. The van der Waals surface area contributed by atoms with Gasteiger partial charge in [0.25, 0.3) is 0 Å². The largest absolute Gasteiger partial charge is 0.353 e. The third-order valence-corrected chi connectivity index (χ3v) is 5.89. The number of nitrogens with one attached hydrogen (secondary N) is 1. The van der Waals surface area contributed by atoms with Crippen molar-refractivity contribution in [3.8, 4) is 11.4 Å². The monoisotopic (exact) mass is 420 g/mol. The van der Waals surface area contributed by atoms with Crippen molar-refractivity contribution in [2.24, 2.45) is 0 Å². The number of aromatic nitrogens is 3. The van der Waals surface area contributed by atoms with Gasteiger partial charge < -0.3 is 5.32 Å². The van der Waals surface area contributed by atoms with Crippen LogP contribution in [0.3, 0.4) is 0 Å². The van der Waals surface area contributed by atoms with E-state index in [1.807, 2.05) is 73.0 Å². The Labute approximate surface area is 182 Å². The highest BCUT2D eigenvalue weighted by Crippen LogP contribution is 2.27. The molecule has 2 aromatic carbocycles. The van der Waals surface area contributed by atoms with Crippen LogP contribution in [0.1, 0.15) is 25.8 Å². The summed E-state index contributed by atoms with van der Waals surface area (Å²) in [6.45, 7) is 8.38. The predicted molar refractivity (Wildman–Crippen MR) is 123 cm³/mol. The van der Waals surface area contributed by atoms with E-state index >= 15 is 0 Å². The molecule has 0 saturated carbocycles. The Morgan fingerprint density at radius 2 is 1.77 bits per heavy atom. The van der Waals surface area contributed by atoms with E-state index in [1.54, 1.807) is 0 Å². The highest BCUT2D eigenvalue weighted by atomic mass is 32.2. The van der Waals surface area contributed by atoms with Gasteiger partial charge in [0.05, 0.1) is 5.25 Å². The van der Waals surface area contributed by atoms with Gasteiger partial charge in [0.15, 0.2) is 11.0 Å². The van der Waals surface area contributed by atoms with E-state index < -0.39 is 0 Å². The molecule has 2 atom stereocenters. The molecule has 0 aliphatic carbocycles. The van der Waals surface area contributed by atoms with Gasteiger partial charge in [-0.2, -0.15) is 0 Å². The highest BCUT2D eigenvalue weighted by molar-refractivity contribution is 8.00. The van der Waals surface area contributed by atoms with Gasteiger partial charge >= 0.3 is 0 Å². The van der Waals surface area contributed by atoms with Crippen LogP contribution in [0.15, 0.2) is 78.5 Å². The van der Waals surface area contributed by atoms with Crippen molar-refractivity contribution in [2.75, 3.05) is 0 Å². The molecule has 1 amide bonds. The Bertz CT molecular complexity index is 956. The maximum absolute atomic E-state index is 12.7. The van der Waals surface area contributed by atoms with E-state index in [4.69, 9.17) is 0 Å². The molecule has 0 aliphatic rings. The average molecular weight is 421 g/mol. The summed E-state index contributed by atoms with van der Waals surface area (Å²) in [5, 5.41) is 12.3. The maximum atomic E-state index is 12.7. The number of benzene rings is 2. The second-order valence-electron chi connectivity index (χ2n) is 7.27. The minimum atomic E-state index is -0.277. The Morgan fingerprint density at radius 3 is 2.43 bits per heavy atom. The summed E-state index contributed by atoms with van der Waals surface area (Å²) in [7, 11) is 0. The van der Waals surface area contributed by atoms with Gasteiger partial charge in [-0.25, -0.2) is 0 Å². The summed E-state index contributed by atoms with van der Waals surface area (Å²) >= 11 is 1.42. The number of amides is 1. The van der Waals surface area contributed by atoms with Gasteiger partial charge in [0, 0.05) is 18.2 Å². The summed E-state index contributed by atoms with van der Waals surface area (Å²) in [5.41, 5.74) is 2.28. The number of nitrogens with zero attached hydrogens (tertiary/aromatic N) is 3. The summed E-state index contributed by atoms with van der Waals surface area (Å²) in [4.78, 5) is 12.7. The molecule has 0 unspecified atom stereocenters. The van der Waals surface area contributed by atoms with E-state index in [-0.39, 0.29) is 17.2 Å². The van der Waals surface area contributed by atoms with E-state index in [9.17, 15) is 4.79 Å². The number of allylic oxidation sites excluding steroid dienone is 1. The number of thioether (sulfide) groups is 1. The molecule has 1 N–H and O–H groups in total. The summed E-state index contributed by atoms with van der Waals surface area (Å²) in [5.74, 6) is 0.789. The lowest BCUT2D eigenvalue weighted by molar-refractivity contribution is -0.120. The lowest BCUT2D eigenvalue weighted by Gasteiger charge is -2.17. The molecule has 30 heavy (non-hydrogen) atoms. The van der Waals surface area contributed by atoms with Crippen molar-refractivity contribution in [3.63, 3.8) is 0 Å². The number of rotatable bonds is 10. The molecule has 0 radical (unpaired) electrons. The van der Waals surface area contributed by atoms with Crippen molar-refractivity contribution >= 4 is 17.7 Å². The zero-order valence-electron chi connectivity index (χ0n) is 17.5. The Hall–Kier alpha value is -2.86. The molecule has 156 valence electrons. The van der Waals surface area contributed by atoms with E-state index in [0.717, 1.165) is 24.2 Å². The number of hydrogen-bond donors (Lipinski definition) is 1. The fourth-order valence-corrected chi connectivity index (χ4v) is 4.01. The van der Waals surface area contributed by atoms with Crippen molar-refractivity contribution in [3.05, 3.63) is 78.9 Å². The molecule has 0 aliphatic heterocycles. The van der Waals surface area contributed by atoms with Crippen LogP contribution in [0.25, 0.3) is 11.4 Å². The first-order valence-electron chi connectivity index (χ1n) is 10.2. The zero-order chi connectivity index (χ0) is 21.3. The van der Waals surface area contributed by atoms with Gasteiger partial charge in [-0.1, -0.05) is 78.5 Å². The Balaban J connectivity index is 1.60. The highest BCUT2D eigenvalue weighted by Gasteiger charge is 2.21. The topological polar surface area (TPSA) is 59.8 Å². The molecule has 0 saturated heterocycles. The number of aryl methyl sites for hydroxylation is 1. The van der Waals surface area contributed by atoms with Crippen LogP contribution < -0.4 is 5.32 Å². The molecule has 3 aromatic rings. The maximum Gasteiger partial charge on any atom is 0.233 e. The van der Waals surface area contributed by atoms with Crippen molar-refractivity contribution in [2.45, 2.75) is 49.7 Å². The molecule has 1 aromatic heterocycles. The smallest absolute Gasteiger partial charge is 0.233 e. The second kappa shape index (κ2) is 10.8. The van der Waals surface area contributed by atoms with Crippen molar-refractivity contribution < 1.29 is 4.79 Å². The minimum Gasteiger partial charge on any atom is -0.353 e. The molecule has 6 heteroatoms. The van der Waals surface area contributed by atoms with E-state index in [0.29, 0.717) is 11.7 Å². The van der Waals surface area contributed by atoms with Gasteiger partial charge in [0.1, 0.15) is 0 Å². The first kappa shape index (κ1) is 21.8. The molecular weight excluding hydrogens is 392 g/mol. The van der Waals surface area contributed by atoms with Crippen LogP contribution >= 0.6 is 11.8 Å². The molecule has 1 heterocycles. The third-order valence-electron chi connectivity index (χ3n) is 4.81. The molecule has 3 rings (SSSR count). The molecule has 5 nitrogen and oxygen atoms in total. The quantitative estimate of drug-likeness (QED) is 0.380. The molecular formula is C24H28N4OS. The van der Waals surface area contributed by atoms with E-state index in [1.165, 1.54) is 17.3 Å². The summed E-state index contributed by atoms with van der Waals surface area (Å²) in [6.07, 6.45) is 3.66. The fraction of sp³-hybridized carbons (Fsp3) is 0.292. The Morgan fingerprint density at radius 1 is 1.10 bits per heavy atom. The van der Waals surface area contributed by atoms with Crippen LogP contribution in [0, 0.1) is 0 Å².